The average molecular weight is 180 g/mol. The highest BCUT2D eigenvalue weighted by molar-refractivity contribution is 7.80. The molecule has 0 aliphatic rings. The van der Waals surface area contributed by atoms with Crippen LogP contribution < -0.4 is 0 Å². The van der Waals surface area contributed by atoms with Crippen molar-refractivity contribution < 1.29 is 0 Å². The molecule has 0 nitrogen and oxygen atoms in total. The molecule has 66 valence electrons. The van der Waals surface area contributed by atoms with E-state index in [1.54, 1.807) is 0 Å². The van der Waals surface area contributed by atoms with Gasteiger partial charge >= 0.3 is 0 Å². The first-order valence-electron chi connectivity index (χ1n) is 4.46. The minimum absolute atomic E-state index is 0.599. The molecule has 0 aliphatic heterocycles. The van der Waals surface area contributed by atoms with Gasteiger partial charge in [-0.1, -0.05) is 26.8 Å². The van der Waals surface area contributed by atoms with Gasteiger partial charge in [0.05, 0.1) is 0 Å². The second kappa shape index (κ2) is 3.99. The lowest BCUT2D eigenvalue weighted by Gasteiger charge is -2.08. The third kappa shape index (κ3) is 2.28. The Morgan fingerprint density at radius 1 is 1.25 bits per heavy atom. The van der Waals surface area contributed by atoms with Gasteiger partial charge in [0, 0.05) is 4.90 Å². The van der Waals surface area contributed by atoms with E-state index in [1.807, 2.05) is 0 Å². The van der Waals surface area contributed by atoms with Crippen molar-refractivity contribution in [2.24, 2.45) is 0 Å². The fourth-order valence-electron chi connectivity index (χ4n) is 1.24. The van der Waals surface area contributed by atoms with Crippen molar-refractivity contribution in [3.05, 3.63) is 29.3 Å². The molecular formula is C11H16S. The molecule has 0 unspecified atom stereocenters. The molecule has 0 bridgehead atoms. The van der Waals surface area contributed by atoms with Crippen LogP contribution in [0, 0.1) is 0 Å². The Bertz CT molecular complexity index is 264. The Hall–Kier alpha value is -0.430. The molecule has 1 aromatic carbocycles. The molecule has 1 aromatic rings. The maximum atomic E-state index is 4.37. The molecule has 0 fully saturated rings. The summed E-state index contributed by atoms with van der Waals surface area (Å²) in [6.07, 6.45) is 1.09. The zero-order valence-electron chi connectivity index (χ0n) is 7.96. The summed E-state index contributed by atoms with van der Waals surface area (Å²) in [5.41, 5.74) is 2.77. The SMILES string of the molecule is CCc1cc(S)cc(C(C)C)c1. The Labute approximate surface area is 80.4 Å². The lowest BCUT2D eigenvalue weighted by Crippen LogP contribution is -1.90. The van der Waals surface area contributed by atoms with E-state index in [-0.39, 0.29) is 0 Å². The zero-order chi connectivity index (χ0) is 9.14. The highest BCUT2D eigenvalue weighted by Gasteiger charge is 2.01. The summed E-state index contributed by atoms with van der Waals surface area (Å²) in [5.74, 6) is 0.599. The minimum atomic E-state index is 0.599. The van der Waals surface area contributed by atoms with Crippen LogP contribution in [0.25, 0.3) is 0 Å². The van der Waals surface area contributed by atoms with Gasteiger partial charge in [-0.3, -0.25) is 0 Å². The smallest absolute Gasteiger partial charge is 0.00455 e. The van der Waals surface area contributed by atoms with Gasteiger partial charge in [-0.05, 0) is 35.6 Å². The average Bonchev–Trinajstić information content (AvgIpc) is 2.03. The van der Waals surface area contributed by atoms with E-state index in [0.29, 0.717) is 5.92 Å². The molecule has 0 saturated heterocycles. The van der Waals surface area contributed by atoms with Gasteiger partial charge in [-0.15, -0.1) is 12.6 Å². The number of rotatable bonds is 2. The summed E-state index contributed by atoms with van der Waals surface area (Å²) in [6.45, 7) is 6.59. The third-order valence-corrected chi connectivity index (χ3v) is 2.33. The highest BCUT2D eigenvalue weighted by Crippen LogP contribution is 2.20. The Morgan fingerprint density at radius 3 is 2.42 bits per heavy atom. The zero-order valence-corrected chi connectivity index (χ0v) is 8.86. The Balaban J connectivity index is 3.06. The van der Waals surface area contributed by atoms with Gasteiger partial charge in [0.15, 0.2) is 0 Å². The first-order chi connectivity index (χ1) is 5.63. The first-order valence-corrected chi connectivity index (χ1v) is 4.91. The molecule has 0 N–H and O–H groups in total. The normalized spacial score (nSPS) is 10.8. The largest absolute Gasteiger partial charge is 0.143 e. The maximum absolute atomic E-state index is 4.37. The molecule has 1 rings (SSSR count). The molecule has 1 heteroatoms. The van der Waals surface area contributed by atoms with Crippen LogP contribution in [0.15, 0.2) is 23.1 Å². The van der Waals surface area contributed by atoms with E-state index in [0.717, 1.165) is 11.3 Å². The monoisotopic (exact) mass is 180 g/mol. The Kier molecular flexibility index (Phi) is 3.21. The molecule has 0 aromatic heterocycles. The van der Waals surface area contributed by atoms with Gasteiger partial charge in [-0.25, -0.2) is 0 Å². The van der Waals surface area contributed by atoms with E-state index in [9.17, 15) is 0 Å². The van der Waals surface area contributed by atoms with Crippen LogP contribution in [-0.4, -0.2) is 0 Å². The lowest BCUT2D eigenvalue weighted by molar-refractivity contribution is 0.857. The second-order valence-electron chi connectivity index (χ2n) is 3.44. The molecule has 0 aliphatic carbocycles. The predicted molar refractivity (Wildman–Crippen MR) is 57.2 cm³/mol. The molecule has 0 amide bonds. The van der Waals surface area contributed by atoms with Crippen molar-refractivity contribution in [3.8, 4) is 0 Å². The minimum Gasteiger partial charge on any atom is -0.143 e. The molecule has 0 atom stereocenters. The van der Waals surface area contributed by atoms with Gasteiger partial charge < -0.3 is 0 Å². The summed E-state index contributed by atoms with van der Waals surface area (Å²) >= 11 is 4.37. The van der Waals surface area contributed by atoms with E-state index >= 15 is 0 Å². The van der Waals surface area contributed by atoms with Crippen molar-refractivity contribution in [2.75, 3.05) is 0 Å². The Morgan fingerprint density at radius 2 is 1.92 bits per heavy atom. The van der Waals surface area contributed by atoms with Gasteiger partial charge in [0.2, 0.25) is 0 Å². The topological polar surface area (TPSA) is 0 Å². The molecule has 0 spiro atoms. The van der Waals surface area contributed by atoms with Gasteiger partial charge in [0.25, 0.3) is 0 Å². The molecule has 0 heterocycles. The van der Waals surface area contributed by atoms with Crippen molar-refractivity contribution in [1.29, 1.82) is 0 Å². The van der Waals surface area contributed by atoms with Crippen LogP contribution in [0.1, 0.15) is 37.8 Å². The van der Waals surface area contributed by atoms with Crippen LogP contribution in [0.3, 0.4) is 0 Å². The first kappa shape index (κ1) is 9.66. The molecule has 12 heavy (non-hydrogen) atoms. The second-order valence-corrected chi connectivity index (χ2v) is 3.96. The maximum Gasteiger partial charge on any atom is 0.00455 e. The molecule has 0 saturated carbocycles. The van der Waals surface area contributed by atoms with E-state index in [1.165, 1.54) is 11.1 Å². The van der Waals surface area contributed by atoms with Crippen molar-refractivity contribution in [3.63, 3.8) is 0 Å². The number of hydrogen-bond donors (Lipinski definition) is 1. The molecular weight excluding hydrogens is 164 g/mol. The lowest BCUT2D eigenvalue weighted by atomic mass is 10.00. The fraction of sp³-hybridized carbons (Fsp3) is 0.455. The molecule has 0 radical (unpaired) electrons. The van der Waals surface area contributed by atoms with E-state index < -0.39 is 0 Å². The standard InChI is InChI=1S/C11H16S/c1-4-9-5-10(8(2)3)7-11(12)6-9/h5-8,12H,4H2,1-3H3. The van der Waals surface area contributed by atoms with Crippen LogP contribution >= 0.6 is 12.6 Å². The van der Waals surface area contributed by atoms with Gasteiger partial charge in [-0.2, -0.15) is 0 Å². The van der Waals surface area contributed by atoms with Crippen LogP contribution in [0.4, 0.5) is 0 Å². The third-order valence-electron chi connectivity index (χ3n) is 2.07. The van der Waals surface area contributed by atoms with Gasteiger partial charge in [0.1, 0.15) is 0 Å². The highest BCUT2D eigenvalue weighted by atomic mass is 32.1. The van der Waals surface area contributed by atoms with Crippen molar-refractivity contribution in [1.82, 2.24) is 0 Å². The fourth-order valence-corrected chi connectivity index (χ4v) is 1.55. The summed E-state index contributed by atoms with van der Waals surface area (Å²) in [4.78, 5) is 1.08. The van der Waals surface area contributed by atoms with Crippen LogP contribution in [-0.2, 0) is 6.42 Å². The van der Waals surface area contributed by atoms with E-state index in [4.69, 9.17) is 0 Å². The van der Waals surface area contributed by atoms with E-state index in [2.05, 4.69) is 51.6 Å². The number of thiol groups is 1. The number of hydrogen-bond acceptors (Lipinski definition) is 1. The van der Waals surface area contributed by atoms with Crippen LogP contribution in [0.5, 0.6) is 0 Å². The quantitative estimate of drug-likeness (QED) is 0.660. The predicted octanol–water partition coefficient (Wildman–Crippen LogP) is 3.66. The summed E-state index contributed by atoms with van der Waals surface area (Å²) in [7, 11) is 0. The number of aryl methyl sites for hydroxylation is 1. The summed E-state index contributed by atoms with van der Waals surface area (Å²) in [5, 5.41) is 0. The summed E-state index contributed by atoms with van der Waals surface area (Å²) < 4.78 is 0. The number of benzene rings is 1. The van der Waals surface area contributed by atoms with Crippen molar-refractivity contribution in [2.45, 2.75) is 38.0 Å². The van der Waals surface area contributed by atoms with Crippen LogP contribution in [0.2, 0.25) is 0 Å². The van der Waals surface area contributed by atoms with Crippen molar-refractivity contribution >= 4 is 12.6 Å². The summed E-state index contributed by atoms with van der Waals surface area (Å²) in [6, 6.07) is 6.55.